The zero-order valence-corrected chi connectivity index (χ0v) is 11.8. The number of aliphatic imine (C=N–C) groups is 1. The monoisotopic (exact) mass is 293 g/mol. The molecule has 0 spiro atoms. The third-order valence-electron chi connectivity index (χ3n) is 1.49. The van der Waals surface area contributed by atoms with Crippen molar-refractivity contribution in [2.24, 2.45) is 16.5 Å². The number of amidine groups is 1. The maximum absolute atomic E-state index is 10.6. The summed E-state index contributed by atoms with van der Waals surface area (Å²) in [5.74, 6) is 0.665. The molecule has 5 N–H and O–H groups in total. The summed E-state index contributed by atoms with van der Waals surface area (Å²) in [4.78, 5) is 14.6. The largest absolute Gasteiger partial charge is 0.480 e. The van der Waals surface area contributed by atoms with Crippen molar-refractivity contribution in [2.45, 2.75) is 19.4 Å². The molecule has 1 atom stereocenters. The fourth-order valence-corrected chi connectivity index (χ4v) is 1.54. The van der Waals surface area contributed by atoms with Crippen molar-refractivity contribution >= 4 is 48.4 Å². The van der Waals surface area contributed by atoms with Gasteiger partial charge in [0.15, 0.2) is 0 Å². The van der Waals surface area contributed by atoms with Crippen LogP contribution in [0.15, 0.2) is 4.99 Å². The van der Waals surface area contributed by atoms with E-state index in [9.17, 15) is 4.79 Å². The molecule has 0 fully saturated rings. The van der Waals surface area contributed by atoms with Crippen molar-refractivity contribution in [3.05, 3.63) is 0 Å². The van der Waals surface area contributed by atoms with E-state index in [2.05, 4.69) is 4.99 Å². The number of nitrogens with two attached hydrogens (primary N) is 2. The van der Waals surface area contributed by atoms with Crippen LogP contribution in [-0.2, 0) is 4.79 Å². The van der Waals surface area contributed by atoms with Crippen molar-refractivity contribution in [2.75, 3.05) is 18.1 Å². The standard InChI is InChI=1S/C8H17N3O2S.2ClH.H2/c1-6(9)11-3-4-14-5-8(2,10)7(12)13;;;/h3-5,10H2,1-2H3,(H2,9,11)(H,12,13);3*1H/t8-;;;/m0.../s1. The number of hydrogen-bond donors (Lipinski definition) is 3. The van der Waals surface area contributed by atoms with E-state index in [4.69, 9.17) is 16.6 Å². The van der Waals surface area contributed by atoms with Gasteiger partial charge >= 0.3 is 5.97 Å². The van der Waals surface area contributed by atoms with Crippen LogP contribution in [-0.4, -0.2) is 40.5 Å². The van der Waals surface area contributed by atoms with Crippen LogP contribution >= 0.6 is 36.6 Å². The second-order valence-electron chi connectivity index (χ2n) is 3.30. The van der Waals surface area contributed by atoms with Crippen LogP contribution in [0.3, 0.4) is 0 Å². The summed E-state index contributed by atoms with van der Waals surface area (Å²) >= 11 is 1.46. The quantitative estimate of drug-likeness (QED) is 0.385. The Morgan fingerprint density at radius 2 is 2.06 bits per heavy atom. The highest BCUT2D eigenvalue weighted by molar-refractivity contribution is 7.99. The molecule has 0 bridgehead atoms. The third-order valence-corrected chi connectivity index (χ3v) is 2.76. The van der Waals surface area contributed by atoms with Crippen molar-refractivity contribution < 1.29 is 11.3 Å². The van der Waals surface area contributed by atoms with E-state index >= 15 is 0 Å². The summed E-state index contributed by atoms with van der Waals surface area (Å²) in [6, 6.07) is 0. The molecule has 100 valence electrons. The molecule has 0 aromatic rings. The molecule has 16 heavy (non-hydrogen) atoms. The first kappa shape index (κ1) is 21.1. The Morgan fingerprint density at radius 1 is 1.56 bits per heavy atom. The molecule has 0 amide bonds. The third kappa shape index (κ3) is 10.4. The van der Waals surface area contributed by atoms with Crippen LogP contribution < -0.4 is 11.5 Å². The van der Waals surface area contributed by atoms with E-state index in [0.717, 1.165) is 5.75 Å². The van der Waals surface area contributed by atoms with Crippen LogP contribution in [0.5, 0.6) is 0 Å². The number of carboxylic acid groups (broad SMARTS) is 1. The van der Waals surface area contributed by atoms with E-state index < -0.39 is 11.5 Å². The van der Waals surface area contributed by atoms with Gasteiger partial charge in [-0.25, -0.2) is 0 Å². The molecule has 0 aliphatic heterocycles. The van der Waals surface area contributed by atoms with Crippen LogP contribution in [0.4, 0.5) is 0 Å². The topological polar surface area (TPSA) is 102 Å². The zero-order chi connectivity index (χ0) is 11.2. The molecule has 0 aliphatic rings. The molecular formula is C8H21Cl2N3O2S. The smallest absolute Gasteiger partial charge is 0.324 e. The van der Waals surface area contributed by atoms with Gasteiger partial charge in [-0.15, -0.1) is 24.8 Å². The summed E-state index contributed by atoms with van der Waals surface area (Å²) in [6.45, 7) is 3.82. The molecule has 0 saturated heterocycles. The maximum atomic E-state index is 10.6. The molecule has 0 saturated carbocycles. The molecule has 0 rings (SSSR count). The van der Waals surface area contributed by atoms with E-state index in [1.54, 1.807) is 6.92 Å². The van der Waals surface area contributed by atoms with Crippen molar-refractivity contribution in [3.8, 4) is 0 Å². The van der Waals surface area contributed by atoms with E-state index in [1.807, 2.05) is 0 Å². The summed E-state index contributed by atoms with van der Waals surface area (Å²) in [7, 11) is 0. The molecule has 0 aliphatic carbocycles. The van der Waals surface area contributed by atoms with Gasteiger partial charge in [-0.2, -0.15) is 11.8 Å². The van der Waals surface area contributed by atoms with E-state index in [-0.39, 0.29) is 26.2 Å². The number of carboxylic acids is 1. The zero-order valence-electron chi connectivity index (χ0n) is 9.30. The van der Waals surface area contributed by atoms with Crippen LogP contribution in [0.2, 0.25) is 0 Å². The van der Waals surface area contributed by atoms with Gasteiger partial charge in [0.1, 0.15) is 5.54 Å². The number of hydrogen-bond acceptors (Lipinski definition) is 4. The first-order valence-corrected chi connectivity index (χ1v) is 5.38. The van der Waals surface area contributed by atoms with E-state index in [0.29, 0.717) is 18.1 Å². The molecule has 0 radical (unpaired) electrons. The second kappa shape index (κ2) is 10.0. The number of halogens is 2. The summed E-state index contributed by atoms with van der Waals surface area (Å²) < 4.78 is 0. The highest BCUT2D eigenvalue weighted by Gasteiger charge is 2.27. The van der Waals surface area contributed by atoms with Crippen molar-refractivity contribution in [3.63, 3.8) is 0 Å². The molecular weight excluding hydrogens is 273 g/mol. The molecule has 8 heteroatoms. The van der Waals surface area contributed by atoms with E-state index in [1.165, 1.54) is 18.7 Å². The van der Waals surface area contributed by atoms with Gasteiger partial charge in [0.25, 0.3) is 0 Å². The lowest BCUT2D eigenvalue weighted by molar-refractivity contribution is -0.141. The number of thioether (sulfide) groups is 1. The molecule has 0 aromatic carbocycles. The Balaban J connectivity index is -0.000000282. The summed E-state index contributed by atoms with van der Waals surface area (Å²) in [6.07, 6.45) is 0. The normalized spacial score (nSPS) is 14.3. The number of rotatable bonds is 6. The minimum absolute atomic E-state index is 0. The predicted molar refractivity (Wildman–Crippen MR) is 76.3 cm³/mol. The SMILES string of the molecule is CC(N)=NCCSC[C@](C)(N)C(=O)O.Cl.Cl.[HH]. The number of aliphatic carboxylic acids is 1. The Labute approximate surface area is 114 Å². The minimum atomic E-state index is -1.16. The molecule has 0 heterocycles. The van der Waals surface area contributed by atoms with Crippen molar-refractivity contribution in [1.82, 2.24) is 0 Å². The van der Waals surface area contributed by atoms with Gasteiger partial charge in [0.05, 0.1) is 5.84 Å². The first-order valence-electron chi connectivity index (χ1n) is 4.23. The maximum Gasteiger partial charge on any atom is 0.324 e. The Kier molecular flexibility index (Phi) is 13.2. The Hall–Kier alpha value is -0.170. The van der Waals surface area contributed by atoms with Gasteiger partial charge < -0.3 is 16.6 Å². The predicted octanol–water partition coefficient (Wildman–Crippen LogP) is 0.988. The first-order chi connectivity index (χ1) is 6.36. The van der Waals surface area contributed by atoms with Gasteiger partial charge in [0.2, 0.25) is 0 Å². The lowest BCUT2D eigenvalue weighted by atomic mass is 10.1. The van der Waals surface area contributed by atoms with Crippen LogP contribution in [0, 0.1) is 0 Å². The fourth-order valence-electron chi connectivity index (χ4n) is 0.632. The van der Waals surface area contributed by atoms with Crippen LogP contribution in [0.1, 0.15) is 15.3 Å². The average Bonchev–Trinajstić information content (AvgIpc) is 2.02. The molecule has 0 unspecified atom stereocenters. The molecule has 5 nitrogen and oxygen atoms in total. The number of carbonyl (C=O) groups is 1. The summed E-state index contributed by atoms with van der Waals surface area (Å²) in [5.41, 5.74) is 9.69. The van der Waals surface area contributed by atoms with Gasteiger partial charge in [-0.3, -0.25) is 9.79 Å². The van der Waals surface area contributed by atoms with Crippen LogP contribution in [0.25, 0.3) is 0 Å². The Morgan fingerprint density at radius 3 is 2.44 bits per heavy atom. The second-order valence-corrected chi connectivity index (χ2v) is 4.40. The van der Waals surface area contributed by atoms with Gasteiger partial charge in [-0.1, -0.05) is 0 Å². The minimum Gasteiger partial charge on any atom is -0.480 e. The highest BCUT2D eigenvalue weighted by Crippen LogP contribution is 2.10. The molecule has 0 aromatic heterocycles. The fraction of sp³-hybridized carbons (Fsp3) is 0.750. The lowest BCUT2D eigenvalue weighted by Gasteiger charge is -2.17. The van der Waals surface area contributed by atoms with Crippen molar-refractivity contribution in [1.29, 1.82) is 0 Å². The Bertz CT molecular complexity index is 239. The van der Waals surface area contributed by atoms with Gasteiger partial charge in [0, 0.05) is 19.5 Å². The van der Waals surface area contributed by atoms with Gasteiger partial charge in [-0.05, 0) is 13.8 Å². The highest BCUT2D eigenvalue weighted by atomic mass is 35.5. The number of nitrogens with zero attached hydrogens (tertiary/aromatic N) is 1. The lowest BCUT2D eigenvalue weighted by Crippen LogP contribution is -2.47. The average molecular weight is 294 g/mol. The summed E-state index contributed by atoms with van der Waals surface area (Å²) in [5, 5.41) is 8.70.